The number of halogens is 1. The molecule has 0 amide bonds. The van der Waals surface area contributed by atoms with Crippen LogP contribution in [0.3, 0.4) is 0 Å². The summed E-state index contributed by atoms with van der Waals surface area (Å²) in [7, 11) is 4.91. The Morgan fingerprint density at radius 3 is 1.58 bits per heavy atom. The van der Waals surface area contributed by atoms with Crippen LogP contribution < -0.4 is 17.0 Å². The largest absolute Gasteiger partial charge is 1.00 e. The van der Waals surface area contributed by atoms with Crippen molar-refractivity contribution in [2.45, 2.75) is 110 Å². The van der Waals surface area contributed by atoms with E-state index >= 15 is 0 Å². The van der Waals surface area contributed by atoms with E-state index in [4.69, 9.17) is 0 Å². The van der Waals surface area contributed by atoms with Gasteiger partial charge in [-0.3, -0.25) is 0 Å². The van der Waals surface area contributed by atoms with Crippen LogP contribution in [0.2, 0.25) is 0 Å². The Labute approximate surface area is 169 Å². The first-order valence-corrected chi connectivity index (χ1v) is 11.6. The molecule has 0 N–H and O–H groups in total. The number of hydrogen-bond donors (Lipinski definition) is 0. The third-order valence-corrected chi connectivity index (χ3v) is 6.56. The molecule has 0 aliphatic rings. The first kappa shape index (κ1) is 27.0. The highest BCUT2D eigenvalue weighted by Crippen LogP contribution is 2.26. The second kappa shape index (κ2) is 18.6. The van der Waals surface area contributed by atoms with E-state index in [2.05, 4.69) is 46.6 Å². The van der Waals surface area contributed by atoms with Crippen LogP contribution in [0.4, 0.5) is 0 Å². The molecule has 1 atom stereocenters. The number of unbranched alkanes of at least 4 members (excludes halogenated alkanes) is 10. The van der Waals surface area contributed by atoms with Crippen molar-refractivity contribution in [3.63, 3.8) is 0 Å². The lowest BCUT2D eigenvalue weighted by Gasteiger charge is -2.38. The molecule has 0 radical (unpaired) electrons. The zero-order valence-electron chi connectivity index (χ0n) is 17.4. The highest BCUT2D eigenvalue weighted by molar-refractivity contribution is 7.99. The molecule has 24 heavy (non-hydrogen) atoms. The van der Waals surface area contributed by atoms with Crippen LogP contribution in [-0.4, -0.2) is 36.2 Å². The van der Waals surface area contributed by atoms with Gasteiger partial charge in [-0.25, -0.2) is 0 Å². The van der Waals surface area contributed by atoms with Crippen molar-refractivity contribution in [1.82, 2.24) is 0 Å². The van der Waals surface area contributed by atoms with Crippen molar-refractivity contribution in [1.29, 1.82) is 0 Å². The second-order valence-electron chi connectivity index (χ2n) is 7.74. The van der Waals surface area contributed by atoms with Crippen LogP contribution in [-0.2, 0) is 0 Å². The molecule has 1 unspecified atom stereocenters. The molecular weight excluding hydrogens is 378 g/mol. The van der Waals surface area contributed by atoms with Gasteiger partial charge in [0.05, 0.1) is 20.6 Å². The molecule has 0 heterocycles. The molecule has 148 valence electrons. The summed E-state index contributed by atoms with van der Waals surface area (Å²) in [6.45, 7) is 8.28. The van der Waals surface area contributed by atoms with Gasteiger partial charge in [-0.05, 0) is 25.0 Å². The summed E-state index contributed by atoms with van der Waals surface area (Å²) >= 11 is 2.18. The Kier molecular flexibility index (Phi) is 20.9. The highest BCUT2D eigenvalue weighted by Gasteiger charge is 2.26. The van der Waals surface area contributed by atoms with Crippen molar-refractivity contribution in [3.8, 4) is 0 Å². The number of thioether (sulfide) groups is 1. The summed E-state index contributed by atoms with van der Waals surface area (Å²) in [6, 6.07) is 0. The maximum absolute atomic E-state index is 2.46. The van der Waals surface area contributed by atoms with Gasteiger partial charge in [0.1, 0.15) is 5.37 Å². The van der Waals surface area contributed by atoms with Gasteiger partial charge in [0, 0.05) is 6.42 Å². The minimum absolute atomic E-state index is 0. The Morgan fingerprint density at radius 2 is 1.12 bits per heavy atom. The van der Waals surface area contributed by atoms with E-state index in [1.165, 1.54) is 100 Å². The van der Waals surface area contributed by atoms with E-state index in [1.807, 2.05) is 0 Å². The van der Waals surface area contributed by atoms with Crippen LogP contribution in [0.5, 0.6) is 0 Å². The Bertz CT molecular complexity index is 246. The fourth-order valence-electron chi connectivity index (χ4n) is 3.36. The van der Waals surface area contributed by atoms with E-state index in [1.54, 1.807) is 0 Å². The Balaban J connectivity index is 0. The first-order chi connectivity index (χ1) is 11.1. The van der Waals surface area contributed by atoms with Gasteiger partial charge in [0.2, 0.25) is 0 Å². The summed E-state index contributed by atoms with van der Waals surface area (Å²) in [4.78, 5) is 0. The van der Waals surface area contributed by atoms with Gasteiger partial charge in [-0.2, -0.15) is 0 Å². The van der Waals surface area contributed by atoms with Crippen LogP contribution in [0.15, 0.2) is 0 Å². The Hall–Kier alpha value is 0.790. The zero-order chi connectivity index (χ0) is 17.4. The maximum Gasteiger partial charge on any atom is 0.135 e. The van der Waals surface area contributed by atoms with Crippen molar-refractivity contribution < 1.29 is 21.5 Å². The lowest BCUT2D eigenvalue weighted by atomic mass is 10.1. The quantitative estimate of drug-likeness (QED) is 0.191. The molecule has 0 aromatic heterocycles. The minimum Gasteiger partial charge on any atom is -1.00 e. The SMILES string of the molecule is CCCCCCCCCCCC[N+](C)(C)C(CCCC)SCC.[Br-]. The monoisotopic (exact) mass is 423 g/mol. The molecule has 0 aliphatic carbocycles. The van der Waals surface area contributed by atoms with Crippen LogP contribution in [0.25, 0.3) is 0 Å². The summed E-state index contributed by atoms with van der Waals surface area (Å²) in [5.41, 5.74) is 0. The van der Waals surface area contributed by atoms with Gasteiger partial charge in [-0.15, -0.1) is 0 Å². The van der Waals surface area contributed by atoms with Crippen molar-refractivity contribution >= 4 is 11.8 Å². The lowest BCUT2D eigenvalue weighted by Crippen LogP contribution is -3.00. The van der Waals surface area contributed by atoms with E-state index in [-0.39, 0.29) is 17.0 Å². The molecule has 0 fully saturated rings. The number of nitrogens with zero attached hydrogens (tertiary/aromatic N) is 1. The molecule has 0 saturated heterocycles. The highest BCUT2D eigenvalue weighted by atomic mass is 79.9. The average molecular weight is 425 g/mol. The van der Waals surface area contributed by atoms with Gasteiger partial charge in [-0.1, -0.05) is 90.3 Å². The lowest BCUT2D eigenvalue weighted by molar-refractivity contribution is -0.900. The summed E-state index contributed by atoms with van der Waals surface area (Å²) < 4.78 is 1.22. The molecule has 0 bridgehead atoms. The van der Waals surface area contributed by atoms with Crippen molar-refractivity contribution in [3.05, 3.63) is 0 Å². The van der Waals surface area contributed by atoms with Crippen LogP contribution in [0.1, 0.15) is 104 Å². The topological polar surface area (TPSA) is 0 Å². The second-order valence-corrected chi connectivity index (χ2v) is 9.19. The van der Waals surface area contributed by atoms with Gasteiger partial charge < -0.3 is 21.5 Å². The van der Waals surface area contributed by atoms with E-state index < -0.39 is 0 Å². The van der Waals surface area contributed by atoms with Gasteiger partial charge in [0.25, 0.3) is 0 Å². The van der Waals surface area contributed by atoms with E-state index in [0.717, 1.165) is 5.37 Å². The van der Waals surface area contributed by atoms with Crippen LogP contribution >= 0.6 is 11.8 Å². The molecule has 0 aliphatic heterocycles. The molecule has 0 aromatic carbocycles. The predicted molar refractivity (Wildman–Crippen MR) is 110 cm³/mol. The van der Waals surface area contributed by atoms with Gasteiger partial charge >= 0.3 is 0 Å². The molecule has 3 heteroatoms. The Morgan fingerprint density at radius 1 is 0.667 bits per heavy atom. The molecule has 0 saturated carbocycles. The van der Waals surface area contributed by atoms with E-state index in [9.17, 15) is 0 Å². The van der Waals surface area contributed by atoms with Gasteiger partial charge in [0.15, 0.2) is 0 Å². The number of quaternary nitrogens is 1. The molecular formula is C21H46BrNS. The number of hydrogen-bond acceptors (Lipinski definition) is 1. The standard InChI is InChI=1S/C21H46NS.BrH/c1-6-9-11-12-13-14-15-16-17-18-20-22(4,5)21(23-8-3)19-10-7-2;/h21H,6-20H2,1-5H3;1H/q+1;/p-1. The van der Waals surface area contributed by atoms with Crippen LogP contribution in [0, 0.1) is 0 Å². The molecule has 0 spiro atoms. The number of rotatable bonds is 17. The first-order valence-electron chi connectivity index (χ1n) is 10.5. The fraction of sp³-hybridized carbons (Fsp3) is 1.00. The van der Waals surface area contributed by atoms with Crippen molar-refractivity contribution in [2.24, 2.45) is 0 Å². The van der Waals surface area contributed by atoms with E-state index in [0.29, 0.717) is 0 Å². The zero-order valence-corrected chi connectivity index (χ0v) is 19.8. The minimum atomic E-state index is 0. The maximum atomic E-state index is 2.46. The smallest absolute Gasteiger partial charge is 0.135 e. The normalized spacial score (nSPS) is 12.9. The average Bonchev–Trinajstić information content (AvgIpc) is 2.53. The fourth-order valence-corrected chi connectivity index (χ4v) is 4.58. The van der Waals surface area contributed by atoms with Crippen molar-refractivity contribution in [2.75, 3.05) is 26.4 Å². The summed E-state index contributed by atoms with van der Waals surface area (Å²) in [5, 5.41) is 0.804. The summed E-state index contributed by atoms with van der Waals surface area (Å²) in [5.74, 6) is 1.26. The molecule has 1 nitrogen and oxygen atoms in total. The third kappa shape index (κ3) is 15.1. The molecule has 0 rings (SSSR count). The predicted octanol–water partition coefficient (Wildman–Crippen LogP) is 4.26. The third-order valence-electron chi connectivity index (χ3n) is 5.03. The summed E-state index contributed by atoms with van der Waals surface area (Å²) in [6.07, 6.45) is 18.5. The molecule has 0 aromatic rings.